The number of rotatable bonds is 5. The van der Waals surface area contributed by atoms with Gasteiger partial charge in [-0.1, -0.05) is 23.7 Å². The molecule has 7 heteroatoms. The Kier molecular flexibility index (Phi) is 5.92. The molecule has 24 heavy (non-hydrogen) atoms. The summed E-state index contributed by atoms with van der Waals surface area (Å²) >= 11 is 10.9. The lowest BCUT2D eigenvalue weighted by atomic mass is 10.2. The fourth-order valence-corrected chi connectivity index (χ4v) is 3.52. The van der Waals surface area contributed by atoms with Gasteiger partial charge in [-0.05, 0) is 33.6 Å². The topological polar surface area (TPSA) is 47.6 Å². The first-order valence-corrected chi connectivity index (χ1v) is 9.65. The second-order valence-corrected chi connectivity index (χ2v) is 7.42. The van der Waals surface area contributed by atoms with Gasteiger partial charge in [0.2, 0.25) is 5.91 Å². The van der Waals surface area contributed by atoms with Gasteiger partial charge in [0.15, 0.2) is 11.5 Å². The SMILES string of the molecule is O=C(CSCc1ccc(Cl)cc1)Nc1cc2c(cc1Br)OCCO2. The van der Waals surface area contributed by atoms with Crippen LogP contribution in [0.25, 0.3) is 0 Å². The number of hydrogen-bond acceptors (Lipinski definition) is 4. The Labute approximate surface area is 158 Å². The molecule has 0 saturated heterocycles. The lowest BCUT2D eigenvalue weighted by Gasteiger charge is -2.20. The molecule has 126 valence electrons. The molecular weight excluding hydrogens is 414 g/mol. The molecule has 0 atom stereocenters. The van der Waals surface area contributed by atoms with E-state index < -0.39 is 0 Å². The highest BCUT2D eigenvalue weighted by Crippen LogP contribution is 2.38. The average molecular weight is 429 g/mol. The summed E-state index contributed by atoms with van der Waals surface area (Å²) < 4.78 is 11.8. The van der Waals surface area contributed by atoms with E-state index in [0.717, 1.165) is 15.8 Å². The Hall–Kier alpha value is -1.37. The van der Waals surface area contributed by atoms with E-state index in [1.807, 2.05) is 30.3 Å². The molecule has 0 spiro atoms. The number of nitrogens with one attached hydrogen (secondary N) is 1. The molecule has 0 fully saturated rings. The molecule has 1 aliphatic rings. The lowest BCUT2D eigenvalue weighted by molar-refractivity contribution is -0.113. The van der Waals surface area contributed by atoms with Crippen molar-refractivity contribution in [2.24, 2.45) is 0 Å². The minimum absolute atomic E-state index is 0.0636. The second kappa shape index (κ2) is 8.14. The number of thioether (sulfide) groups is 1. The lowest BCUT2D eigenvalue weighted by Crippen LogP contribution is -2.17. The van der Waals surface area contributed by atoms with Crippen molar-refractivity contribution in [3.05, 3.63) is 51.5 Å². The summed E-state index contributed by atoms with van der Waals surface area (Å²) in [6.07, 6.45) is 0. The number of carbonyl (C=O) groups excluding carboxylic acids is 1. The molecule has 0 saturated carbocycles. The Morgan fingerprint density at radius 2 is 1.83 bits per heavy atom. The standard InChI is InChI=1S/C17H15BrClNO3S/c18-13-7-15-16(23-6-5-22-15)8-14(13)20-17(21)10-24-9-11-1-3-12(19)4-2-11/h1-4,7-8H,5-6,9-10H2,(H,20,21). The Bertz CT molecular complexity index is 739. The molecule has 0 bridgehead atoms. The summed E-state index contributed by atoms with van der Waals surface area (Å²) in [7, 11) is 0. The van der Waals surface area contributed by atoms with Crippen LogP contribution in [0, 0.1) is 0 Å². The summed E-state index contributed by atoms with van der Waals surface area (Å²) in [5, 5.41) is 3.61. The highest BCUT2D eigenvalue weighted by molar-refractivity contribution is 9.10. The number of carbonyl (C=O) groups is 1. The second-order valence-electron chi connectivity index (χ2n) is 5.14. The van der Waals surface area contributed by atoms with E-state index in [9.17, 15) is 4.79 Å². The summed E-state index contributed by atoms with van der Waals surface area (Å²) in [5.41, 5.74) is 1.81. The van der Waals surface area contributed by atoms with Crippen molar-refractivity contribution in [2.45, 2.75) is 5.75 Å². The minimum Gasteiger partial charge on any atom is -0.486 e. The van der Waals surface area contributed by atoms with Gasteiger partial charge in [-0.3, -0.25) is 4.79 Å². The Morgan fingerprint density at radius 3 is 2.54 bits per heavy atom. The number of benzene rings is 2. The van der Waals surface area contributed by atoms with Crippen molar-refractivity contribution >= 4 is 50.9 Å². The fourth-order valence-electron chi connectivity index (χ4n) is 2.19. The van der Waals surface area contributed by atoms with Gasteiger partial charge in [0.25, 0.3) is 0 Å². The van der Waals surface area contributed by atoms with Crippen LogP contribution in [-0.2, 0) is 10.5 Å². The largest absolute Gasteiger partial charge is 0.486 e. The van der Waals surface area contributed by atoms with Gasteiger partial charge in [-0.2, -0.15) is 0 Å². The van der Waals surface area contributed by atoms with Crippen LogP contribution in [0.1, 0.15) is 5.56 Å². The summed E-state index contributed by atoms with van der Waals surface area (Å²) in [6, 6.07) is 11.2. The van der Waals surface area contributed by atoms with E-state index in [4.69, 9.17) is 21.1 Å². The first kappa shape index (κ1) is 17.5. The first-order valence-electron chi connectivity index (χ1n) is 7.33. The van der Waals surface area contributed by atoms with Crippen molar-refractivity contribution in [3.8, 4) is 11.5 Å². The van der Waals surface area contributed by atoms with E-state index in [1.165, 1.54) is 0 Å². The first-order chi connectivity index (χ1) is 11.6. The molecule has 0 aliphatic carbocycles. The van der Waals surface area contributed by atoms with Gasteiger partial charge in [-0.15, -0.1) is 11.8 Å². The molecule has 0 unspecified atom stereocenters. The summed E-state index contributed by atoms with van der Waals surface area (Å²) in [5.74, 6) is 2.39. The number of ether oxygens (including phenoxy) is 2. The molecule has 2 aromatic rings. The Morgan fingerprint density at radius 1 is 1.17 bits per heavy atom. The maximum absolute atomic E-state index is 12.1. The third kappa shape index (κ3) is 4.59. The van der Waals surface area contributed by atoms with E-state index >= 15 is 0 Å². The van der Waals surface area contributed by atoms with Crippen molar-refractivity contribution in [3.63, 3.8) is 0 Å². The van der Waals surface area contributed by atoms with E-state index in [1.54, 1.807) is 17.8 Å². The maximum Gasteiger partial charge on any atom is 0.234 e. The van der Waals surface area contributed by atoms with Crippen molar-refractivity contribution < 1.29 is 14.3 Å². The zero-order chi connectivity index (χ0) is 16.9. The van der Waals surface area contributed by atoms with Crippen molar-refractivity contribution in [1.82, 2.24) is 0 Å². The molecule has 3 rings (SSSR count). The monoisotopic (exact) mass is 427 g/mol. The molecule has 0 radical (unpaired) electrons. The molecular formula is C17H15BrClNO3S. The van der Waals surface area contributed by atoms with E-state index in [0.29, 0.717) is 41.2 Å². The third-order valence-corrected chi connectivity index (χ3v) is 5.23. The zero-order valence-corrected chi connectivity index (χ0v) is 15.8. The van der Waals surface area contributed by atoms with Crippen LogP contribution in [0.15, 0.2) is 40.9 Å². The van der Waals surface area contributed by atoms with Crippen LogP contribution >= 0.6 is 39.3 Å². The van der Waals surface area contributed by atoms with Gasteiger partial charge in [0.05, 0.1) is 11.4 Å². The number of halogens is 2. The van der Waals surface area contributed by atoms with Crippen LogP contribution in [0.5, 0.6) is 11.5 Å². The number of fused-ring (bicyclic) bond motifs is 1. The smallest absolute Gasteiger partial charge is 0.234 e. The number of amides is 1. The molecule has 4 nitrogen and oxygen atoms in total. The molecule has 1 heterocycles. The van der Waals surface area contributed by atoms with Gasteiger partial charge in [0, 0.05) is 27.4 Å². The van der Waals surface area contributed by atoms with Crippen molar-refractivity contribution in [1.29, 1.82) is 0 Å². The minimum atomic E-state index is -0.0636. The van der Waals surface area contributed by atoms with E-state index in [2.05, 4.69) is 21.2 Å². The van der Waals surface area contributed by atoms with Crippen LogP contribution in [0.4, 0.5) is 5.69 Å². The highest BCUT2D eigenvalue weighted by atomic mass is 79.9. The van der Waals surface area contributed by atoms with Crippen LogP contribution < -0.4 is 14.8 Å². The zero-order valence-electron chi connectivity index (χ0n) is 12.7. The van der Waals surface area contributed by atoms with Gasteiger partial charge >= 0.3 is 0 Å². The third-order valence-electron chi connectivity index (χ3n) is 3.32. The normalized spacial score (nSPS) is 12.8. The van der Waals surface area contributed by atoms with Gasteiger partial charge in [-0.25, -0.2) is 0 Å². The Balaban J connectivity index is 1.54. The summed E-state index contributed by atoms with van der Waals surface area (Å²) in [6.45, 7) is 1.05. The highest BCUT2D eigenvalue weighted by Gasteiger charge is 2.16. The molecule has 1 amide bonds. The van der Waals surface area contributed by atoms with Gasteiger partial charge in [0.1, 0.15) is 13.2 Å². The van der Waals surface area contributed by atoms with Crippen LogP contribution in [0.3, 0.4) is 0 Å². The van der Waals surface area contributed by atoms with E-state index in [-0.39, 0.29) is 5.91 Å². The predicted molar refractivity (Wildman–Crippen MR) is 101 cm³/mol. The fraction of sp³-hybridized carbons (Fsp3) is 0.235. The quantitative estimate of drug-likeness (QED) is 0.747. The van der Waals surface area contributed by atoms with Crippen LogP contribution in [0.2, 0.25) is 5.02 Å². The average Bonchev–Trinajstić information content (AvgIpc) is 2.57. The van der Waals surface area contributed by atoms with Gasteiger partial charge < -0.3 is 14.8 Å². The van der Waals surface area contributed by atoms with Crippen LogP contribution in [-0.4, -0.2) is 24.9 Å². The molecule has 0 aromatic heterocycles. The maximum atomic E-state index is 12.1. The van der Waals surface area contributed by atoms with Crippen molar-refractivity contribution in [2.75, 3.05) is 24.3 Å². The summed E-state index contributed by atoms with van der Waals surface area (Å²) in [4.78, 5) is 12.1. The molecule has 1 N–H and O–H groups in total. The molecule has 1 aliphatic heterocycles. The number of hydrogen-bond donors (Lipinski definition) is 1. The number of anilines is 1. The molecule has 2 aromatic carbocycles. The predicted octanol–water partition coefficient (Wildman–Crippen LogP) is 4.75.